The maximum absolute atomic E-state index is 13.6. The van der Waals surface area contributed by atoms with Crippen molar-refractivity contribution in [1.29, 1.82) is 0 Å². The van der Waals surface area contributed by atoms with Gasteiger partial charge in [0.1, 0.15) is 23.2 Å². The predicted molar refractivity (Wildman–Crippen MR) is 108 cm³/mol. The molecule has 1 saturated heterocycles. The van der Waals surface area contributed by atoms with E-state index < -0.39 is 47.1 Å². The Labute approximate surface area is 175 Å². The molecule has 3 rings (SSSR count). The van der Waals surface area contributed by atoms with Crippen LogP contribution in [0.1, 0.15) is 10.4 Å². The van der Waals surface area contributed by atoms with Gasteiger partial charge in [-0.1, -0.05) is 12.1 Å². The van der Waals surface area contributed by atoms with Crippen LogP contribution in [0.5, 0.6) is 0 Å². The molecule has 0 spiro atoms. The summed E-state index contributed by atoms with van der Waals surface area (Å²) in [7, 11) is 0. The molecule has 6 N–H and O–H groups in total. The van der Waals surface area contributed by atoms with Crippen molar-refractivity contribution in [2.24, 2.45) is 5.73 Å². The molecule has 2 aromatic carbocycles. The minimum Gasteiger partial charge on any atom is -0.338 e. The Morgan fingerprint density at radius 3 is 2.47 bits per heavy atom. The van der Waals surface area contributed by atoms with Crippen molar-refractivity contribution in [3.8, 4) is 0 Å². The molecule has 0 aromatic heterocycles. The molecule has 0 saturated carbocycles. The maximum Gasteiger partial charge on any atom is 0.252 e. The molecule has 0 bridgehead atoms. The number of nitrogens with two attached hydrogens (primary N) is 1. The zero-order chi connectivity index (χ0) is 21.7. The molecule has 1 aliphatic rings. The molecule has 3 amide bonds. The smallest absolute Gasteiger partial charge is 0.252 e. The molecule has 1 aliphatic heterocycles. The largest absolute Gasteiger partial charge is 0.338 e. The van der Waals surface area contributed by atoms with Crippen LogP contribution in [-0.2, 0) is 9.59 Å². The van der Waals surface area contributed by atoms with E-state index >= 15 is 0 Å². The molecule has 3 unspecified atom stereocenters. The van der Waals surface area contributed by atoms with Crippen molar-refractivity contribution in [2.75, 3.05) is 11.1 Å². The number of carbonyl (C=O) groups excluding carboxylic acids is 3. The van der Waals surface area contributed by atoms with Crippen LogP contribution in [0.2, 0.25) is 0 Å². The molecular formula is C19H19F2N5O3S. The van der Waals surface area contributed by atoms with Gasteiger partial charge in [0.05, 0.1) is 17.6 Å². The van der Waals surface area contributed by atoms with E-state index in [0.717, 1.165) is 23.9 Å². The molecule has 8 nitrogen and oxygen atoms in total. The molecule has 2 aromatic rings. The van der Waals surface area contributed by atoms with E-state index in [9.17, 15) is 23.2 Å². The number of anilines is 1. The van der Waals surface area contributed by atoms with Crippen LogP contribution in [0.25, 0.3) is 0 Å². The quantitative estimate of drug-likeness (QED) is 0.455. The summed E-state index contributed by atoms with van der Waals surface area (Å²) >= 11 is 1.05. The van der Waals surface area contributed by atoms with Gasteiger partial charge in [-0.05, 0) is 36.4 Å². The van der Waals surface area contributed by atoms with Gasteiger partial charge in [-0.25, -0.2) is 8.78 Å². The summed E-state index contributed by atoms with van der Waals surface area (Å²) in [6, 6.07) is 9.54. The first-order valence-electron chi connectivity index (χ1n) is 8.88. The highest BCUT2D eigenvalue weighted by Crippen LogP contribution is 2.15. The summed E-state index contributed by atoms with van der Waals surface area (Å²) in [5.41, 5.74) is 5.51. The third-order valence-electron chi connectivity index (χ3n) is 4.18. The molecule has 11 heteroatoms. The van der Waals surface area contributed by atoms with Crippen LogP contribution in [0.3, 0.4) is 0 Å². The van der Waals surface area contributed by atoms with Crippen molar-refractivity contribution in [2.45, 2.75) is 17.7 Å². The predicted octanol–water partition coefficient (Wildman–Crippen LogP) is 0.723. The van der Waals surface area contributed by atoms with Crippen LogP contribution in [0.15, 0.2) is 48.5 Å². The summed E-state index contributed by atoms with van der Waals surface area (Å²) in [6.07, 6.45) is -0.921. The van der Waals surface area contributed by atoms with Crippen molar-refractivity contribution in [1.82, 2.24) is 16.0 Å². The fraction of sp³-hybridized carbons (Fsp3) is 0.211. The van der Waals surface area contributed by atoms with Gasteiger partial charge >= 0.3 is 0 Å². The lowest BCUT2D eigenvalue weighted by Gasteiger charge is -2.35. The van der Waals surface area contributed by atoms with Gasteiger partial charge < -0.3 is 21.7 Å². The molecule has 3 atom stereocenters. The van der Waals surface area contributed by atoms with Gasteiger partial charge in [-0.15, -0.1) is 11.8 Å². The van der Waals surface area contributed by atoms with E-state index in [1.54, 1.807) is 6.07 Å². The standard InChI is InChI=1S/C19H19F2N5O3S/c20-11-7-5-10(6-8-11)17(28)24-15-16(22)25-19(26-18(15)29)30-9-14(27)23-13-4-2-1-3-12(13)21/h1-8,15-16,19,25H,9,22H2,(H,23,27)(H,24,28)(H,26,29). The fourth-order valence-electron chi connectivity index (χ4n) is 2.67. The van der Waals surface area contributed by atoms with Crippen molar-refractivity contribution in [3.05, 3.63) is 65.7 Å². The highest BCUT2D eigenvalue weighted by atomic mass is 32.2. The molecule has 0 radical (unpaired) electrons. The fourth-order valence-corrected chi connectivity index (χ4v) is 3.52. The molecular weight excluding hydrogens is 416 g/mol. The van der Waals surface area contributed by atoms with Crippen molar-refractivity contribution < 1.29 is 23.2 Å². The Morgan fingerprint density at radius 1 is 1.10 bits per heavy atom. The number of rotatable bonds is 6. The Hall–Kier alpha value is -3.02. The summed E-state index contributed by atoms with van der Waals surface area (Å²) < 4.78 is 26.5. The molecule has 1 heterocycles. The van der Waals surface area contributed by atoms with Gasteiger partial charge in [0, 0.05) is 5.56 Å². The summed E-state index contributed by atoms with van der Waals surface area (Å²) in [5, 5.41) is 10.4. The number of benzene rings is 2. The highest BCUT2D eigenvalue weighted by Gasteiger charge is 2.35. The van der Waals surface area contributed by atoms with Crippen LogP contribution < -0.4 is 27.0 Å². The summed E-state index contributed by atoms with van der Waals surface area (Å²) in [6.45, 7) is 0. The topological polar surface area (TPSA) is 125 Å². The van der Waals surface area contributed by atoms with E-state index in [4.69, 9.17) is 5.73 Å². The number of carbonyl (C=O) groups is 3. The van der Waals surface area contributed by atoms with Gasteiger partial charge in [-0.3, -0.25) is 19.7 Å². The summed E-state index contributed by atoms with van der Waals surface area (Å²) in [4.78, 5) is 36.6. The van der Waals surface area contributed by atoms with Crippen LogP contribution in [0.4, 0.5) is 14.5 Å². The Bertz CT molecular complexity index is 944. The molecule has 30 heavy (non-hydrogen) atoms. The first-order chi connectivity index (χ1) is 14.3. The minimum absolute atomic E-state index is 0.0593. The van der Waals surface area contributed by atoms with Gasteiger partial charge in [0.15, 0.2) is 0 Å². The van der Waals surface area contributed by atoms with Gasteiger partial charge in [0.25, 0.3) is 5.91 Å². The van der Waals surface area contributed by atoms with E-state index in [1.807, 2.05) is 0 Å². The molecule has 0 aliphatic carbocycles. The van der Waals surface area contributed by atoms with Crippen LogP contribution in [0, 0.1) is 11.6 Å². The number of hydrogen-bond acceptors (Lipinski definition) is 6. The van der Waals surface area contributed by atoms with Crippen LogP contribution >= 0.6 is 11.8 Å². The second-order valence-electron chi connectivity index (χ2n) is 6.38. The Kier molecular flexibility index (Phi) is 6.98. The van der Waals surface area contributed by atoms with Gasteiger partial charge in [0.2, 0.25) is 11.8 Å². The number of halogens is 2. The van der Waals surface area contributed by atoms with Crippen LogP contribution in [-0.4, -0.2) is 41.2 Å². The zero-order valence-electron chi connectivity index (χ0n) is 15.5. The zero-order valence-corrected chi connectivity index (χ0v) is 16.3. The lowest BCUT2D eigenvalue weighted by atomic mass is 10.1. The third-order valence-corrected chi connectivity index (χ3v) is 5.20. The van der Waals surface area contributed by atoms with E-state index in [0.29, 0.717) is 0 Å². The number of nitrogens with one attached hydrogen (secondary N) is 4. The monoisotopic (exact) mass is 435 g/mol. The highest BCUT2D eigenvalue weighted by molar-refractivity contribution is 8.00. The number of para-hydroxylation sites is 1. The first-order valence-corrected chi connectivity index (χ1v) is 9.93. The third kappa shape index (κ3) is 5.53. The second kappa shape index (κ2) is 9.65. The van der Waals surface area contributed by atoms with E-state index in [1.165, 1.54) is 30.3 Å². The number of amides is 3. The normalized spacial score (nSPS) is 20.9. The van der Waals surface area contributed by atoms with E-state index in [2.05, 4.69) is 21.3 Å². The summed E-state index contributed by atoms with van der Waals surface area (Å²) in [5.74, 6) is -2.69. The Morgan fingerprint density at radius 2 is 1.80 bits per heavy atom. The average molecular weight is 435 g/mol. The van der Waals surface area contributed by atoms with E-state index in [-0.39, 0.29) is 17.0 Å². The maximum atomic E-state index is 13.6. The number of thioether (sulfide) groups is 1. The molecule has 158 valence electrons. The lowest BCUT2D eigenvalue weighted by Crippen LogP contribution is -2.70. The first kappa shape index (κ1) is 21.7. The van der Waals surface area contributed by atoms with Crippen molar-refractivity contribution in [3.63, 3.8) is 0 Å². The molecule has 1 fully saturated rings. The second-order valence-corrected chi connectivity index (χ2v) is 7.47. The van der Waals surface area contributed by atoms with Crippen molar-refractivity contribution >= 4 is 35.2 Å². The lowest BCUT2D eigenvalue weighted by molar-refractivity contribution is -0.125. The minimum atomic E-state index is -1.06. The average Bonchev–Trinajstić information content (AvgIpc) is 2.71. The SMILES string of the molecule is NC1NC(SCC(=O)Nc2ccccc2F)NC(=O)C1NC(=O)c1ccc(F)cc1. The Balaban J connectivity index is 1.50. The number of hydrogen-bond donors (Lipinski definition) is 5. The van der Waals surface area contributed by atoms with Gasteiger partial charge in [-0.2, -0.15) is 0 Å².